The first-order valence-corrected chi connectivity index (χ1v) is 6.95. The van der Waals surface area contributed by atoms with Crippen molar-refractivity contribution in [1.29, 1.82) is 0 Å². The summed E-state index contributed by atoms with van der Waals surface area (Å²) < 4.78 is 12.8. The lowest BCUT2D eigenvalue weighted by atomic mass is 10.1. The van der Waals surface area contributed by atoms with Crippen LogP contribution in [0.4, 0.5) is 21.5 Å². The van der Waals surface area contributed by atoms with E-state index < -0.39 is 0 Å². The number of hydrogen-bond acceptors (Lipinski definition) is 2. The van der Waals surface area contributed by atoms with Crippen LogP contribution in [0.2, 0.25) is 0 Å². The van der Waals surface area contributed by atoms with Gasteiger partial charge in [0.2, 0.25) is 5.91 Å². The minimum atomic E-state index is -0.260. The van der Waals surface area contributed by atoms with Crippen molar-refractivity contribution in [3.05, 3.63) is 54.3 Å². The fourth-order valence-electron chi connectivity index (χ4n) is 1.92. The zero-order valence-corrected chi connectivity index (χ0v) is 12.2. The number of anilines is 3. The number of carbonyl (C=O) groups is 1. The maximum Gasteiger partial charge on any atom is 0.224 e. The molecule has 0 aromatic heterocycles. The Morgan fingerprint density at radius 1 is 0.952 bits per heavy atom. The third-order valence-electron chi connectivity index (χ3n) is 2.90. The van der Waals surface area contributed by atoms with Crippen molar-refractivity contribution in [1.82, 2.24) is 0 Å². The first-order chi connectivity index (χ1) is 10.0. The van der Waals surface area contributed by atoms with Gasteiger partial charge in [0.05, 0.1) is 0 Å². The monoisotopic (exact) mass is 286 g/mol. The third-order valence-corrected chi connectivity index (χ3v) is 2.90. The fourth-order valence-corrected chi connectivity index (χ4v) is 1.92. The summed E-state index contributed by atoms with van der Waals surface area (Å²) >= 11 is 0. The van der Waals surface area contributed by atoms with E-state index in [1.807, 2.05) is 38.1 Å². The molecule has 2 aromatic carbocycles. The lowest BCUT2D eigenvalue weighted by molar-refractivity contribution is -0.116. The van der Waals surface area contributed by atoms with Crippen LogP contribution in [-0.4, -0.2) is 5.91 Å². The Kier molecular flexibility index (Phi) is 4.93. The van der Waals surface area contributed by atoms with E-state index in [9.17, 15) is 9.18 Å². The lowest BCUT2D eigenvalue weighted by Crippen LogP contribution is -2.13. The number of halogens is 1. The van der Waals surface area contributed by atoms with Crippen LogP contribution < -0.4 is 10.6 Å². The third kappa shape index (κ3) is 4.91. The van der Waals surface area contributed by atoms with Crippen LogP contribution in [0.1, 0.15) is 20.3 Å². The lowest BCUT2D eigenvalue weighted by Gasteiger charge is -2.09. The summed E-state index contributed by atoms with van der Waals surface area (Å²) in [5.74, 6) is 0.0948. The van der Waals surface area contributed by atoms with E-state index in [-0.39, 0.29) is 11.7 Å². The van der Waals surface area contributed by atoms with Gasteiger partial charge in [-0.15, -0.1) is 0 Å². The van der Waals surface area contributed by atoms with E-state index in [0.717, 1.165) is 17.1 Å². The smallest absolute Gasteiger partial charge is 0.224 e. The van der Waals surface area contributed by atoms with E-state index in [1.54, 1.807) is 12.1 Å². The Labute approximate surface area is 124 Å². The Balaban J connectivity index is 1.95. The standard InChI is InChI=1S/C17H19FN2O/c1-12(2)11-17(21)20-16-9-7-15(8-10-16)19-14-5-3-13(18)4-6-14/h3-10,12,19H,11H2,1-2H3,(H,20,21). The van der Waals surface area contributed by atoms with Gasteiger partial charge in [-0.3, -0.25) is 4.79 Å². The predicted molar refractivity (Wildman–Crippen MR) is 84.2 cm³/mol. The van der Waals surface area contributed by atoms with Crippen molar-refractivity contribution >= 4 is 23.0 Å². The van der Waals surface area contributed by atoms with Crippen molar-refractivity contribution in [3.8, 4) is 0 Å². The SMILES string of the molecule is CC(C)CC(=O)Nc1ccc(Nc2ccc(F)cc2)cc1. The highest BCUT2D eigenvalue weighted by atomic mass is 19.1. The van der Waals surface area contributed by atoms with E-state index in [2.05, 4.69) is 10.6 Å². The number of benzene rings is 2. The van der Waals surface area contributed by atoms with Crippen LogP contribution >= 0.6 is 0 Å². The molecule has 3 nitrogen and oxygen atoms in total. The number of amides is 1. The molecule has 0 saturated heterocycles. The fraction of sp³-hybridized carbons (Fsp3) is 0.235. The van der Waals surface area contributed by atoms with Crippen LogP contribution in [0, 0.1) is 11.7 Å². The van der Waals surface area contributed by atoms with Crippen molar-refractivity contribution < 1.29 is 9.18 Å². The Hall–Kier alpha value is -2.36. The van der Waals surface area contributed by atoms with E-state index in [4.69, 9.17) is 0 Å². The van der Waals surface area contributed by atoms with Gasteiger partial charge >= 0.3 is 0 Å². The largest absolute Gasteiger partial charge is 0.356 e. The number of rotatable bonds is 5. The molecule has 0 atom stereocenters. The number of carbonyl (C=O) groups excluding carboxylic acids is 1. The van der Waals surface area contributed by atoms with Gasteiger partial charge in [0.15, 0.2) is 0 Å². The molecule has 0 spiro atoms. The summed E-state index contributed by atoms with van der Waals surface area (Å²) in [5.41, 5.74) is 2.46. The minimum Gasteiger partial charge on any atom is -0.356 e. The molecular formula is C17H19FN2O. The first kappa shape index (κ1) is 15.0. The van der Waals surface area contributed by atoms with Crippen LogP contribution in [-0.2, 0) is 4.79 Å². The first-order valence-electron chi connectivity index (χ1n) is 6.95. The second-order valence-corrected chi connectivity index (χ2v) is 5.36. The van der Waals surface area contributed by atoms with Gasteiger partial charge in [-0.2, -0.15) is 0 Å². The summed E-state index contributed by atoms with van der Waals surface area (Å²) in [6, 6.07) is 13.6. The van der Waals surface area contributed by atoms with Crippen molar-refractivity contribution in [3.63, 3.8) is 0 Å². The van der Waals surface area contributed by atoms with E-state index in [1.165, 1.54) is 12.1 Å². The molecule has 0 unspecified atom stereocenters. The quantitative estimate of drug-likeness (QED) is 0.846. The molecular weight excluding hydrogens is 267 g/mol. The Bertz CT molecular complexity index is 591. The van der Waals surface area contributed by atoms with E-state index in [0.29, 0.717) is 12.3 Å². The predicted octanol–water partition coefficient (Wildman–Crippen LogP) is 4.55. The summed E-state index contributed by atoms with van der Waals surface area (Å²) in [5, 5.41) is 6.02. The highest BCUT2D eigenvalue weighted by Crippen LogP contribution is 2.19. The molecule has 0 heterocycles. The Morgan fingerprint density at radius 2 is 1.43 bits per heavy atom. The van der Waals surface area contributed by atoms with Crippen molar-refractivity contribution in [2.24, 2.45) is 5.92 Å². The maximum atomic E-state index is 12.8. The van der Waals surface area contributed by atoms with Crippen LogP contribution in [0.25, 0.3) is 0 Å². The molecule has 0 bridgehead atoms. The van der Waals surface area contributed by atoms with Gasteiger partial charge in [0, 0.05) is 23.5 Å². The molecule has 2 rings (SSSR count). The molecule has 21 heavy (non-hydrogen) atoms. The van der Waals surface area contributed by atoms with Crippen LogP contribution in [0.5, 0.6) is 0 Å². The molecule has 0 fully saturated rings. The molecule has 0 aliphatic heterocycles. The van der Waals surface area contributed by atoms with Gasteiger partial charge in [-0.05, 0) is 54.4 Å². The summed E-state index contributed by atoms with van der Waals surface area (Å²) in [6.07, 6.45) is 0.510. The molecule has 0 saturated carbocycles. The topological polar surface area (TPSA) is 41.1 Å². The molecule has 1 amide bonds. The van der Waals surface area contributed by atoms with Gasteiger partial charge in [0.1, 0.15) is 5.82 Å². The van der Waals surface area contributed by atoms with E-state index >= 15 is 0 Å². The average molecular weight is 286 g/mol. The normalized spacial score (nSPS) is 10.5. The van der Waals surface area contributed by atoms with Crippen LogP contribution in [0.15, 0.2) is 48.5 Å². The number of hydrogen-bond donors (Lipinski definition) is 2. The van der Waals surface area contributed by atoms with Crippen LogP contribution in [0.3, 0.4) is 0 Å². The maximum absolute atomic E-state index is 12.8. The highest BCUT2D eigenvalue weighted by Gasteiger charge is 2.05. The van der Waals surface area contributed by atoms with Gasteiger partial charge < -0.3 is 10.6 Å². The van der Waals surface area contributed by atoms with Crippen molar-refractivity contribution in [2.75, 3.05) is 10.6 Å². The molecule has 2 N–H and O–H groups in total. The van der Waals surface area contributed by atoms with Gasteiger partial charge in [0.25, 0.3) is 0 Å². The molecule has 2 aromatic rings. The molecule has 110 valence electrons. The zero-order valence-electron chi connectivity index (χ0n) is 12.2. The summed E-state index contributed by atoms with van der Waals surface area (Å²) in [6.45, 7) is 4.02. The molecule has 4 heteroatoms. The van der Waals surface area contributed by atoms with Gasteiger partial charge in [-0.25, -0.2) is 4.39 Å². The second-order valence-electron chi connectivity index (χ2n) is 5.36. The zero-order chi connectivity index (χ0) is 15.2. The summed E-state index contributed by atoms with van der Waals surface area (Å²) in [7, 11) is 0. The second kappa shape index (κ2) is 6.88. The molecule has 0 radical (unpaired) electrons. The van der Waals surface area contributed by atoms with Crippen molar-refractivity contribution in [2.45, 2.75) is 20.3 Å². The molecule has 0 aliphatic carbocycles. The Morgan fingerprint density at radius 3 is 1.95 bits per heavy atom. The van der Waals surface area contributed by atoms with Gasteiger partial charge in [-0.1, -0.05) is 13.8 Å². The number of nitrogens with one attached hydrogen (secondary N) is 2. The summed E-state index contributed by atoms with van der Waals surface area (Å²) in [4.78, 5) is 11.7. The molecule has 0 aliphatic rings. The average Bonchev–Trinajstić information content (AvgIpc) is 2.42. The highest BCUT2D eigenvalue weighted by molar-refractivity contribution is 5.91. The minimum absolute atomic E-state index is 0.0178.